The van der Waals surface area contributed by atoms with Crippen LogP contribution in [0.2, 0.25) is 0 Å². The predicted molar refractivity (Wildman–Crippen MR) is 128 cm³/mol. The number of pyridine rings is 1. The summed E-state index contributed by atoms with van der Waals surface area (Å²) in [7, 11) is 0. The molecule has 5 aromatic rings. The van der Waals surface area contributed by atoms with Gasteiger partial charge in [0, 0.05) is 17.4 Å². The lowest BCUT2D eigenvalue weighted by molar-refractivity contribution is 0.102. The highest BCUT2D eigenvalue weighted by atomic mass is 32.1. The van der Waals surface area contributed by atoms with Crippen LogP contribution in [0.15, 0.2) is 91.1 Å². The van der Waals surface area contributed by atoms with Gasteiger partial charge in [0.2, 0.25) is 0 Å². The van der Waals surface area contributed by atoms with Gasteiger partial charge in [0.1, 0.15) is 26.9 Å². The van der Waals surface area contributed by atoms with Gasteiger partial charge in [-0.1, -0.05) is 41.7 Å². The number of fused-ring (bicyclic) bond motifs is 1. The molecule has 0 spiro atoms. The highest BCUT2D eigenvalue weighted by Crippen LogP contribution is 2.32. The van der Waals surface area contributed by atoms with Crippen LogP contribution in [0.25, 0.3) is 20.9 Å². The topological polar surface area (TPSA) is 64.1 Å². The molecule has 2 aromatic heterocycles. The van der Waals surface area contributed by atoms with Gasteiger partial charge in [0.05, 0.1) is 5.56 Å². The number of carbonyl (C=O) groups excluding carboxylic acids is 1. The van der Waals surface area contributed by atoms with E-state index in [9.17, 15) is 4.79 Å². The van der Waals surface area contributed by atoms with Crippen LogP contribution in [0.4, 0.5) is 5.69 Å². The lowest BCUT2D eigenvalue weighted by atomic mass is 10.1. The summed E-state index contributed by atoms with van der Waals surface area (Å²) in [5.41, 5.74) is 4.04. The zero-order chi connectivity index (χ0) is 21.9. The van der Waals surface area contributed by atoms with Gasteiger partial charge in [-0.3, -0.25) is 4.79 Å². The molecule has 0 aliphatic heterocycles. The van der Waals surface area contributed by atoms with Gasteiger partial charge in [-0.15, -0.1) is 0 Å². The maximum Gasteiger partial charge on any atom is 0.259 e. The monoisotopic (exact) mass is 437 g/mol. The Hall–Kier alpha value is -4.03. The maximum atomic E-state index is 13.0. The zero-order valence-electron chi connectivity index (χ0n) is 17.3. The van der Waals surface area contributed by atoms with Gasteiger partial charge in [0.15, 0.2) is 0 Å². The van der Waals surface area contributed by atoms with E-state index in [1.165, 1.54) is 0 Å². The maximum absolute atomic E-state index is 13.0. The Balaban J connectivity index is 1.38. The summed E-state index contributed by atoms with van der Waals surface area (Å²) in [4.78, 5) is 23.0. The lowest BCUT2D eigenvalue weighted by Gasteiger charge is -2.13. The van der Waals surface area contributed by atoms with Crippen LogP contribution in [-0.4, -0.2) is 15.9 Å². The molecule has 0 fully saturated rings. The molecular weight excluding hydrogens is 418 g/mol. The summed E-state index contributed by atoms with van der Waals surface area (Å²) in [5, 5.41) is 3.91. The van der Waals surface area contributed by atoms with Crippen LogP contribution in [0.3, 0.4) is 0 Å². The van der Waals surface area contributed by atoms with Crippen LogP contribution in [-0.2, 0) is 0 Å². The summed E-state index contributed by atoms with van der Waals surface area (Å²) in [5.74, 6) is 0.961. The number of carbonyl (C=O) groups is 1. The number of ether oxygens (including phenoxy) is 1. The summed E-state index contributed by atoms with van der Waals surface area (Å²) >= 11 is 1.55. The summed E-state index contributed by atoms with van der Waals surface area (Å²) in [6, 6.07) is 26.4. The number of aromatic nitrogens is 2. The van der Waals surface area contributed by atoms with Gasteiger partial charge in [-0.05, 0) is 67.1 Å². The minimum atomic E-state index is -0.225. The fourth-order valence-corrected chi connectivity index (χ4v) is 4.28. The van der Waals surface area contributed by atoms with Crippen LogP contribution in [0, 0.1) is 6.92 Å². The molecule has 32 heavy (non-hydrogen) atoms. The number of hydrogen-bond donors (Lipinski definition) is 1. The second-order valence-corrected chi connectivity index (χ2v) is 8.22. The second kappa shape index (κ2) is 8.61. The molecule has 0 saturated heterocycles. The number of hydrogen-bond acceptors (Lipinski definition) is 5. The van der Waals surface area contributed by atoms with Gasteiger partial charge in [0.25, 0.3) is 5.91 Å². The van der Waals surface area contributed by atoms with Crippen molar-refractivity contribution in [3.05, 3.63) is 102 Å². The Morgan fingerprint density at radius 1 is 0.938 bits per heavy atom. The van der Waals surface area contributed by atoms with Gasteiger partial charge in [-0.25, -0.2) is 9.97 Å². The van der Waals surface area contributed by atoms with E-state index >= 15 is 0 Å². The van der Waals surface area contributed by atoms with Crippen molar-refractivity contribution in [1.82, 2.24) is 9.97 Å². The fourth-order valence-electron chi connectivity index (χ4n) is 3.38. The van der Waals surface area contributed by atoms with Crippen molar-refractivity contribution in [3.8, 4) is 22.1 Å². The molecule has 0 aliphatic carbocycles. The molecule has 156 valence electrons. The van der Waals surface area contributed by atoms with E-state index < -0.39 is 0 Å². The van der Waals surface area contributed by atoms with Crippen LogP contribution in [0.5, 0.6) is 11.5 Å². The third kappa shape index (κ3) is 4.08. The fraction of sp³-hybridized carbons (Fsp3) is 0.0385. The van der Waals surface area contributed by atoms with Gasteiger partial charge < -0.3 is 10.1 Å². The van der Waals surface area contributed by atoms with Gasteiger partial charge >= 0.3 is 0 Å². The molecule has 1 N–H and O–H groups in total. The van der Waals surface area contributed by atoms with Crippen molar-refractivity contribution in [2.45, 2.75) is 6.92 Å². The molecule has 5 nitrogen and oxygen atoms in total. The smallest absolute Gasteiger partial charge is 0.259 e. The number of amides is 1. The number of thiazole rings is 1. The number of nitrogens with zero attached hydrogens (tertiary/aromatic N) is 2. The molecule has 0 radical (unpaired) electrons. The molecule has 0 bridgehead atoms. The Morgan fingerprint density at radius 2 is 1.75 bits per heavy atom. The summed E-state index contributed by atoms with van der Waals surface area (Å²) in [6.07, 6.45) is 1.77. The average molecular weight is 438 g/mol. The van der Waals surface area contributed by atoms with Crippen LogP contribution in [0.1, 0.15) is 15.9 Å². The van der Waals surface area contributed by atoms with Crippen molar-refractivity contribution in [3.63, 3.8) is 0 Å². The third-order valence-corrected chi connectivity index (χ3v) is 6.02. The van der Waals surface area contributed by atoms with E-state index in [-0.39, 0.29) is 5.91 Å². The first-order valence-corrected chi connectivity index (χ1v) is 10.9. The zero-order valence-corrected chi connectivity index (χ0v) is 18.1. The first-order valence-electron chi connectivity index (χ1n) is 10.1. The molecule has 0 saturated carbocycles. The Morgan fingerprint density at radius 3 is 2.56 bits per heavy atom. The molecule has 3 aromatic carbocycles. The standard InChI is InChI=1S/C26H19N3O2S/c1-17-16-18(25-29-22-11-7-15-27-26(22)32-25)13-14-21(17)28-24(30)20-10-5-6-12-23(20)31-19-8-3-2-4-9-19/h2-16H,1H3,(H,28,30). The number of nitrogens with one attached hydrogen (secondary N) is 1. The largest absolute Gasteiger partial charge is 0.457 e. The van der Waals surface area contributed by atoms with E-state index in [0.717, 1.165) is 32.2 Å². The normalized spacial score (nSPS) is 10.8. The summed E-state index contributed by atoms with van der Waals surface area (Å²) < 4.78 is 5.93. The summed E-state index contributed by atoms with van der Waals surface area (Å²) in [6.45, 7) is 1.97. The van der Waals surface area contributed by atoms with Crippen molar-refractivity contribution >= 4 is 33.3 Å². The molecule has 0 atom stereocenters. The molecule has 6 heteroatoms. The van der Waals surface area contributed by atoms with Crippen LogP contribution >= 0.6 is 11.3 Å². The highest BCUT2D eigenvalue weighted by Gasteiger charge is 2.15. The quantitative estimate of drug-likeness (QED) is 0.332. The second-order valence-electron chi connectivity index (χ2n) is 7.24. The molecular formula is C26H19N3O2S. The minimum absolute atomic E-state index is 0.225. The van der Waals surface area contributed by atoms with E-state index in [1.54, 1.807) is 29.7 Å². The van der Waals surface area contributed by atoms with Gasteiger partial charge in [-0.2, -0.15) is 0 Å². The number of aryl methyl sites for hydroxylation is 1. The first-order chi connectivity index (χ1) is 15.7. The van der Waals surface area contributed by atoms with Crippen molar-refractivity contribution in [2.75, 3.05) is 5.32 Å². The molecule has 0 aliphatic rings. The van der Waals surface area contributed by atoms with E-state index in [4.69, 9.17) is 4.74 Å². The van der Waals surface area contributed by atoms with E-state index in [2.05, 4.69) is 15.3 Å². The number of anilines is 1. The van der Waals surface area contributed by atoms with E-state index in [1.807, 2.05) is 79.7 Å². The van der Waals surface area contributed by atoms with Crippen molar-refractivity contribution in [2.24, 2.45) is 0 Å². The molecule has 1 amide bonds. The number of para-hydroxylation sites is 2. The van der Waals surface area contributed by atoms with Crippen LogP contribution < -0.4 is 10.1 Å². The lowest BCUT2D eigenvalue weighted by Crippen LogP contribution is -2.13. The predicted octanol–water partition coefficient (Wildman–Crippen LogP) is 6.71. The first kappa shape index (κ1) is 19.9. The van der Waals surface area contributed by atoms with E-state index in [0.29, 0.717) is 17.1 Å². The number of benzene rings is 3. The van der Waals surface area contributed by atoms with Crippen molar-refractivity contribution < 1.29 is 9.53 Å². The Kier molecular flexibility index (Phi) is 5.35. The SMILES string of the molecule is Cc1cc(-c2nc3cccnc3s2)ccc1NC(=O)c1ccccc1Oc1ccccc1. The molecule has 2 heterocycles. The highest BCUT2D eigenvalue weighted by molar-refractivity contribution is 7.21. The van der Waals surface area contributed by atoms with Crippen molar-refractivity contribution in [1.29, 1.82) is 0 Å². The molecule has 0 unspecified atom stereocenters. The minimum Gasteiger partial charge on any atom is -0.457 e. The Bertz CT molecular complexity index is 1380. The molecule has 5 rings (SSSR count). The average Bonchev–Trinajstić information content (AvgIpc) is 3.26. The Labute approximate surface area is 189 Å². The third-order valence-electron chi connectivity index (χ3n) is 4.99. The number of rotatable bonds is 5.